The first-order chi connectivity index (χ1) is 9.18. The van der Waals surface area contributed by atoms with Gasteiger partial charge in [0, 0.05) is 19.1 Å². The van der Waals surface area contributed by atoms with Gasteiger partial charge in [0.1, 0.15) is 0 Å². The summed E-state index contributed by atoms with van der Waals surface area (Å²) >= 11 is 0. The molecule has 2 unspecified atom stereocenters. The van der Waals surface area contributed by atoms with Crippen LogP contribution in [0.15, 0.2) is 30.3 Å². The van der Waals surface area contributed by atoms with Crippen LogP contribution in [0.2, 0.25) is 0 Å². The summed E-state index contributed by atoms with van der Waals surface area (Å²) in [6.07, 6.45) is 2.48. The van der Waals surface area contributed by atoms with Crippen molar-refractivity contribution in [2.75, 3.05) is 26.2 Å². The lowest BCUT2D eigenvalue weighted by Gasteiger charge is -2.36. The molecule has 0 radical (unpaired) electrons. The maximum atomic E-state index is 3.51. The number of rotatable bonds is 6. The van der Waals surface area contributed by atoms with E-state index in [2.05, 4.69) is 61.3 Å². The molecule has 1 heterocycles. The average Bonchev–Trinajstić information content (AvgIpc) is 2.86. The van der Waals surface area contributed by atoms with Crippen molar-refractivity contribution < 1.29 is 0 Å². The Balaban J connectivity index is 2.10. The van der Waals surface area contributed by atoms with Gasteiger partial charge in [0.2, 0.25) is 0 Å². The quantitative estimate of drug-likeness (QED) is 0.842. The Morgan fingerprint density at radius 1 is 1.26 bits per heavy atom. The summed E-state index contributed by atoms with van der Waals surface area (Å²) in [5.74, 6) is 0. The van der Waals surface area contributed by atoms with Gasteiger partial charge in [-0.25, -0.2) is 0 Å². The smallest absolute Gasteiger partial charge is 0.0345 e. The highest BCUT2D eigenvalue weighted by Gasteiger charge is 2.32. The second-order valence-corrected chi connectivity index (χ2v) is 6.14. The van der Waals surface area contributed by atoms with Gasteiger partial charge in [-0.3, -0.25) is 4.90 Å². The second kappa shape index (κ2) is 6.53. The highest BCUT2D eigenvalue weighted by molar-refractivity contribution is 5.19. The molecule has 1 N–H and O–H groups in total. The third kappa shape index (κ3) is 3.58. The molecule has 106 valence electrons. The molecule has 1 aliphatic heterocycles. The van der Waals surface area contributed by atoms with Gasteiger partial charge in [0.15, 0.2) is 0 Å². The van der Waals surface area contributed by atoms with Crippen molar-refractivity contribution in [1.29, 1.82) is 0 Å². The minimum absolute atomic E-state index is 0.443. The third-order valence-electron chi connectivity index (χ3n) is 4.46. The van der Waals surface area contributed by atoms with Crippen molar-refractivity contribution in [3.63, 3.8) is 0 Å². The van der Waals surface area contributed by atoms with Gasteiger partial charge in [0.25, 0.3) is 0 Å². The van der Waals surface area contributed by atoms with Gasteiger partial charge >= 0.3 is 0 Å². The van der Waals surface area contributed by atoms with Crippen LogP contribution in [0, 0.1) is 5.41 Å². The van der Waals surface area contributed by atoms with Gasteiger partial charge in [0.05, 0.1) is 0 Å². The van der Waals surface area contributed by atoms with E-state index in [1.165, 1.54) is 31.5 Å². The van der Waals surface area contributed by atoms with E-state index in [9.17, 15) is 0 Å². The van der Waals surface area contributed by atoms with Crippen LogP contribution in [0.4, 0.5) is 0 Å². The molecule has 2 heteroatoms. The highest BCUT2D eigenvalue weighted by atomic mass is 15.2. The molecule has 0 amide bonds. The van der Waals surface area contributed by atoms with Crippen LogP contribution in [-0.4, -0.2) is 31.1 Å². The van der Waals surface area contributed by atoms with Crippen molar-refractivity contribution >= 4 is 0 Å². The van der Waals surface area contributed by atoms with E-state index in [0.29, 0.717) is 11.5 Å². The fraction of sp³-hybridized carbons (Fsp3) is 0.647. The van der Waals surface area contributed by atoms with E-state index in [0.717, 1.165) is 13.1 Å². The lowest BCUT2D eigenvalue weighted by Crippen LogP contribution is -2.39. The molecule has 2 rings (SSSR count). The van der Waals surface area contributed by atoms with Crippen LogP contribution in [0.3, 0.4) is 0 Å². The van der Waals surface area contributed by atoms with Crippen molar-refractivity contribution in [2.45, 2.75) is 39.7 Å². The molecule has 0 saturated carbocycles. The standard InChI is InChI=1S/C17H28N2/c1-4-16(15-9-7-6-8-10-15)19(5-2)14-17(3)11-12-18-13-17/h6-10,16,18H,4-5,11-14H2,1-3H3. The van der Waals surface area contributed by atoms with Crippen molar-refractivity contribution in [1.82, 2.24) is 10.2 Å². The third-order valence-corrected chi connectivity index (χ3v) is 4.46. The molecule has 0 aliphatic carbocycles. The highest BCUT2D eigenvalue weighted by Crippen LogP contribution is 2.31. The lowest BCUT2D eigenvalue weighted by atomic mass is 9.88. The number of nitrogens with one attached hydrogen (secondary N) is 1. The van der Waals surface area contributed by atoms with Crippen LogP contribution < -0.4 is 5.32 Å². The molecule has 1 aliphatic rings. The Morgan fingerprint density at radius 3 is 2.53 bits per heavy atom. The van der Waals surface area contributed by atoms with Crippen LogP contribution in [0.1, 0.15) is 45.2 Å². The molecule has 2 atom stereocenters. The number of benzene rings is 1. The topological polar surface area (TPSA) is 15.3 Å². The summed E-state index contributed by atoms with van der Waals surface area (Å²) in [7, 11) is 0. The Morgan fingerprint density at radius 2 is 2.00 bits per heavy atom. The summed E-state index contributed by atoms with van der Waals surface area (Å²) in [5, 5.41) is 3.51. The van der Waals surface area contributed by atoms with Crippen molar-refractivity contribution in [3.05, 3.63) is 35.9 Å². The molecule has 0 aromatic heterocycles. The summed E-state index contributed by atoms with van der Waals surface area (Å²) in [6.45, 7) is 11.7. The minimum atomic E-state index is 0.443. The number of nitrogens with zero attached hydrogens (tertiary/aromatic N) is 1. The zero-order valence-electron chi connectivity index (χ0n) is 12.7. The van der Waals surface area contributed by atoms with E-state index < -0.39 is 0 Å². The number of hydrogen-bond donors (Lipinski definition) is 1. The number of hydrogen-bond acceptors (Lipinski definition) is 2. The lowest BCUT2D eigenvalue weighted by molar-refractivity contribution is 0.131. The molecule has 1 saturated heterocycles. The van der Waals surface area contributed by atoms with E-state index in [4.69, 9.17) is 0 Å². The molecule has 19 heavy (non-hydrogen) atoms. The second-order valence-electron chi connectivity index (χ2n) is 6.14. The molecule has 1 aromatic carbocycles. The molecular weight excluding hydrogens is 232 g/mol. The minimum Gasteiger partial charge on any atom is -0.316 e. The summed E-state index contributed by atoms with van der Waals surface area (Å²) in [6, 6.07) is 11.5. The predicted molar refractivity (Wildman–Crippen MR) is 82.3 cm³/mol. The molecular formula is C17H28N2. The fourth-order valence-electron chi connectivity index (χ4n) is 3.32. The van der Waals surface area contributed by atoms with Gasteiger partial charge in [-0.2, -0.15) is 0 Å². The molecule has 0 spiro atoms. The van der Waals surface area contributed by atoms with E-state index >= 15 is 0 Å². The first-order valence-corrected chi connectivity index (χ1v) is 7.68. The first-order valence-electron chi connectivity index (χ1n) is 7.68. The van der Waals surface area contributed by atoms with Gasteiger partial charge < -0.3 is 5.32 Å². The van der Waals surface area contributed by atoms with Crippen molar-refractivity contribution in [2.24, 2.45) is 5.41 Å². The summed E-state index contributed by atoms with van der Waals surface area (Å²) in [4.78, 5) is 2.66. The van der Waals surface area contributed by atoms with Gasteiger partial charge in [-0.05, 0) is 36.9 Å². The monoisotopic (exact) mass is 260 g/mol. The molecule has 1 fully saturated rings. The average molecular weight is 260 g/mol. The molecule has 0 bridgehead atoms. The molecule has 2 nitrogen and oxygen atoms in total. The Kier molecular flexibility index (Phi) is 5.00. The Bertz CT molecular complexity index is 368. The summed E-state index contributed by atoms with van der Waals surface area (Å²) in [5.41, 5.74) is 1.90. The SMILES string of the molecule is CCC(c1ccccc1)N(CC)CC1(C)CCNC1. The van der Waals surface area contributed by atoms with E-state index in [-0.39, 0.29) is 0 Å². The van der Waals surface area contributed by atoms with Crippen LogP contribution in [0.5, 0.6) is 0 Å². The van der Waals surface area contributed by atoms with E-state index in [1.807, 2.05) is 0 Å². The fourth-order valence-corrected chi connectivity index (χ4v) is 3.32. The maximum absolute atomic E-state index is 3.51. The Labute approximate surface area is 118 Å². The molecule has 1 aromatic rings. The maximum Gasteiger partial charge on any atom is 0.0345 e. The summed E-state index contributed by atoms with van der Waals surface area (Å²) < 4.78 is 0. The van der Waals surface area contributed by atoms with Crippen LogP contribution in [0.25, 0.3) is 0 Å². The first kappa shape index (κ1) is 14.5. The Hall–Kier alpha value is -0.860. The zero-order valence-corrected chi connectivity index (χ0v) is 12.7. The normalized spacial score (nSPS) is 24.8. The van der Waals surface area contributed by atoms with Crippen LogP contribution >= 0.6 is 0 Å². The predicted octanol–water partition coefficient (Wildman–Crippen LogP) is 3.46. The zero-order chi connectivity index (χ0) is 13.7. The van der Waals surface area contributed by atoms with Gasteiger partial charge in [-0.15, -0.1) is 0 Å². The largest absolute Gasteiger partial charge is 0.316 e. The van der Waals surface area contributed by atoms with E-state index in [1.54, 1.807) is 0 Å². The van der Waals surface area contributed by atoms with Crippen molar-refractivity contribution in [3.8, 4) is 0 Å². The van der Waals surface area contributed by atoms with Gasteiger partial charge in [-0.1, -0.05) is 51.1 Å². The van der Waals surface area contributed by atoms with Crippen LogP contribution in [-0.2, 0) is 0 Å².